The van der Waals surface area contributed by atoms with Crippen molar-refractivity contribution in [2.75, 3.05) is 19.6 Å². The van der Waals surface area contributed by atoms with Crippen LogP contribution in [0.1, 0.15) is 132 Å². The molecule has 0 saturated carbocycles. The van der Waals surface area contributed by atoms with Crippen LogP contribution in [-0.4, -0.2) is 45.4 Å². The highest BCUT2D eigenvalue weighted by Gasteiger charge is 2.33. The van der Waals surface area contributed by atoms with Crippen molar-refractivity contribution in [3.05, 3.63) is 95.1 Å². The number of halogens is 3. The predicted molar refractivity (Wildman–Crippen MR) is 216 cm³/mol. The number of ether oxygens (including phenoxy) is 2. The van der Waals surface area contributed by atoms with Gasteiger partial charge in [0, 0.05) is 25.1 Å². The third-order valence-corrected chi connectivity index (χ3v) is 10.4. The van der Waals surface area contributed by atoms with Crippen LogP contribution >= 0.6 is 34.8 Å². The first-order chi connectivity index (χ1) is 25.2. The van der Waals surface area contributed by atoms with Crippen molar-refractivity contribution in [1.82, 2.24) is 10.2 Å². The second kappa shape index (κ2) is 22.9. The summed E-state index contributed by atoms with van der Waals surface area (Å²) in [5, 5.41) is 12.3. The summed E-state index contributed by atoms with van der Waals surface area (Å²) in [6, 6.07) is 24.3. The fourth-order valence-electron chi connectivity index (χ4n) is 6.86. The van der Waals surface area contributed by atoms with Crippen LogP contribution in [0.3, 0.4) is 0 Å². The Bertz CT molecular complexity index is 1450. The fourth-order valence-corrected chi connectivity index (χ4v) is 7.06. The zero-order valence-corrected chi connectivity index (χ0v) is 33.4. The van der Waals surface area contributed by atoms with Gasteiger partial charge in [0.25, 0.3) is 9.70 Å². The number of amides is 1. The molecule has 1 amide bonds. The van der Waals surface area contributed by atoms with Crippen molar-refractivity contribution in [2.24, 2.45) is 0 Å². The van der Waals surface area contributed by atoms with Gasteiger partial charge < -0.3 is 24.8 Å². The molecule has 0 spiro atoms. The average molecular weight is 774 g/mol. The third kappa shape index (κ3) is 14.6. The van der Waals surface area contributed by atoms with Gasteiger partial charge in [-0.3, -0.25) is 4.79 Å². The van der Waals surface area contributed by atoms with Crippen LogP contribution in [0.4, 0.5) is 0 Å². The molecule has 52 heavy (non-hydrogen) atoms. The minimum atomic E-state index is -2.01. The number of alkyl halides is 3. The lowest BCUT2D eigenvalue weighted by Crippen LogP contribution is -2.40. The Morgan fingerprint density at radius 2 is 1.35 bits per heavy atom. The fraction of sp³-hybridized carbons (Fsp3) is 0.558. The van der Waals surface area contributed by atoms with Gasteiger partial charge in [-0.25, -0.2) is 0 Å². The number of aliphatic hydroxyl groups is 1. The molecular weight excluding hydrogens is 715 g/mol. The van der Waals surface area contributed by atoms with E-state index < -0.39 is 16.0 Å². The van der Waals surface area contributed by atoms with Crippen molar-refractivity contribution in [2.45, 2.75) is 133 Å². The van der Waals surface area contributed by atoms with E-state index in [2.05, 4.69) is 54.4 Å². The molecule has 0 aromatic heterocycles. The number of nitrogens with zero attached hydrogens (tertiary/aromatic N) is 1. The summed E-state index contributed by atoms with van der Waals surface area (Å²) < 4.78 is 11.6. The van der Waals surface area contributed by atoms with E-state index in [0.29, 0.717) is 0 Å². The molecule has 2 N–H and O–H groups in total. The lowest BCUT2D eigenvalue weighted by Gasteiger charge is -2.38. The molecule has 286 valence electrons. The van der Waals surface area contributed by atoms with Crippen molar-refractivity contribution in [1.29, 1.82) is 0 Å². The Hall–Kier alpha value is -2.16. The molecule has 9 heteroatoms. The standard InChI is InChI=1S/C43H59Cl3N2O4/c1-3-5-7-9-11-13-25-48(26-14-12-10-8-6-4-2)31-39-29-40(35-23-21-33(32-49)22-24-35)52-41(51-39)38-20-16-19-37(28-38)36-18-15-17-34(27-36)30-47-42(50)43(44,45)46/h15-24,27-28,39-41,49H,3-14,25-26,29-32H2,1-2H3,(H,47,50)/t39-,40+,41+/m1/s1. The SMILES string of the molecule is CCCCCCCCN(CCCCCCCC)C[C@H]1C[C@@H](c2ccc(CO)cc2)O[C@@H](c2cccc(-c3cccc(CNC(=O)C(Cl)(Cl)Cl)c3)c2)O1. The zero-order chi connectivity index (χ0) is 37.2. The molecule has 3 aromatic rings. The topological polar surface area (TPSA) is 71.0 Å². The lowest BCUT2D eigenvalue weighted by molar-refractivity contribution is -0.253. The number of hydrogen-bond donors (Lipinski definition) is 2. The molecule has 0 unspecified atom stereocenters. The molecule has 1 aliphatic heterocycles. The molecule has 6 nitrogen and oxygen atoms in total. The highest BCUT2D eigenvalue weighted by atomic mass is 35.6. The largest absolute Gasteiger partial charge is 0.392 e. The van der Waals surface area contributed by atoms with Gasteiger partial charge in [-0.1, -0.05) is 174 Å². The second-order valence-corrected chi connectivity index (χ2v) is 16.5. The first-order valence-electron chi connectivity index (χ1n) is 19.5. The summed E-state index contributed by atoms with van der Waals surface area (Å²) in [6.07, 6.45) is 15.5. The minimum Gasteiger partial charge on any atom is -0.392 e. The number of carbonyl (C=O) groups excluding carboxylic acids is 1. The maximum atomic E-state index is 12.1. The van der Waals surface area contributed by atoms with E-state index >= 15 is 0 Å². The Labute approximate surface area is 327 Å². The van der Waals surface area contributed by atoms with Crippen molar-refractivity contribution >= 4 is 40.7 Å². The Morgan fingerprint density at radius 1 is 0.750 bits per heavy atom. The van der Waals surface area contributed by atoms with Gasteiger partial charge in [-0.05, 0) is 65.9 Å². The van der Waals surface area contributed by atoms with Crippen LogP contribution in [0, 0.1) is 0 Å². The number of aliphatic hydroxyl groups excluding tert-OH is 1. The molecule has 0 radical (unpaired) electrons. The third-order valence-electron chi connectivity index (χ3n) is 9.86. The molecule has 3 atom stereocenters. The molecule has 3 aromatic carbocycles. The molecule has 0 aliphatic carbocycles. The van der Waals surface area contributed by atoms with Gasteiger partial charge in [-0.2, -0.15) is 0 Å². The monoisotopic (exact) mass is 772 g/mol. The molecular formula is C43H59Cl3N2O4. The minimum absolute atomic E-state index is 0.00466. The zero-order valence-electron chi connectivity index (χ0n) is 31.1. The Morgan fingerprint density at radius 3 is 1.96 bits per heavy atom. The molecule has 4 rings (SSSR count). The lowest BCUT2D eigenvalue weighted by atomic mass is 9.98. The smallest absolute Gasteiger partial charge is 0.272 e. The summed E-state index contributed by atoms with van der Waals surface area (Å²) in [4.78, 5) is 14.8. The van der Waals surface area contributed by atoms with Gasteiger partial charge >= 0.3 is 0 Å². The van der Waals surface area contributed by atoms with Crippen molar-refractivity contribution in [3.63, 3.8) is 0 Å². The van der Waals surface area contributed by atoms with Crippen molar-refractivity contribution in [3.8, 4) is 11.1 Å². The van der Waals surface area contributed by atoms with Gasteiger partial charge in [-0.15, -0.1) is 0 Å². The van der Waals surface area contributed by atoms with E-state index in [-0.39, 0.29) is 25.4 Å². The Kier molecular flexibility index (Phi) is 18.8. The number of hydrogen-bond acceptors (Lipinski definition) is 5. The summed E-state index contributed by atoms with van der Waals surface area (Å²) in [5.41, 5.74) is 5.82. The van der Waals surface area contributed by atoms with Crippen LogP contribution in [0.25, 0.3) is 11.1 Å². The molecule has 1 fully saturated rings. The van der Waals surface area contributed by atoms with Crippen LogP contribution in [0.15, 0.2) is 72.8 Å². The second-order valence-electron chi connectivity index (χ2n) is 14.2. The average Bonchev–Trinajstić information content (AvgIpc) is 3.16. The summed E-state index contributed by atoms with van der Waals surface area (Å²) in [6.45, 7) is 7.85. The molecule has 1 heterocycles. The van der Waals surface area contributed by atoms with E-state index in [1.807, 2.05) is 42.5 Å². The van der Waals surface area contributed by atoms with Crippen LogP contribution in [0.5, 0.6) is 0 Å². The first-order valence-corrected chi connectivity index (χ1v) is 20.6. The van der Waals surface area contributed by atoms with E-state index in [1.54, 1.807) is 0 Å². The quantitative estimate of drug-likeness (QED) is 0.0786. The van der Waals surface area contributed by atoms with Crippen LogP contribution in [0.2, 0.25) is 0 Å². The van der Waals surface area contributed by atoms with E-state index in [1.165, 1.54) is 77.0 Å². The summed E-state index contributed by atoms with van der Waals surface area (Å²) >= 11 is 17.2. The summed E-state index contributed by atoms with van der Waals surface area (Å²) in [5.74, 6) is -0.663. The number of nitrogens with one attached hydrogen (secondary N) is 1. The van der Waals surface area contributed by atoms with E-state index in [4.69, 9.17) is 44.3 Å². The number of carbonyl (C=O) groups is 1. The van der Waals surface area contributed by atoms with Crippen LogP contribution < -0.4 is 5.32 Å². The highest BCUT2D eigenvalue weighted by molar-refractivity contribution is 6.76. The highest BCUT2D eigenvalue weighted by Crippen LogP contribution is 2.39. The maximum absolute atomic E-state index is 12.1. The van der Waals surface area contributed by atoms with E-state index in [0.717, 1.165) is 59.4 Å². The van der Waals surface area contributed by atoms with Gasteiger partial charge in [0.1, 0.15) is 0 Å². The normalized spacial score (nSPS) is 17.8. The number of benzene rings is 3. The number of unbranched alkanes of at least 4 members (excludes halogenated alkanes) is 10. The molecule has 1 saturated heterocycles. The maximum Gasteiger partial charge on any atom is 0.272 e. The number of rotatable bonds is 22. The van der Waals surface area contributed by atoms with Gasteiger partial charge in [0.2, 0.25) is 0 Å². The van der Waals surface area contributed by atoms with E-state index in [9.17, 15) is 9.90 Å². The molecule has 0 bridgehead atoms. The Balaban J connectivity index is 1.51. The van der Waals surface area contributed by atoms with Crippen molar-refractivity contribution < 1.29 is 19.4 Å². The summed E-state index contributed by atoms with van der Waals surface area (Å²) in [7, 11) is 0. The molecule has 1 aliphatic rings. The van der Waals surface area contributed by atoms with Gasteiger partial charge in [0.05, 0.1) is 18.8 Å². The van der Waals surface area contributed by atoms with Gasteiger partial charge in [0.15, 0.2) is 6.29 Å². The van der Waals surface area contributed by atoms with Crippen LogP contribution in [-0.2, 0) is 27.4 Å². The predicted octanol–water partition coefficient (Wildman–Crippen LogP) is 11.4. The first kappa shape index (κ1) is 42.6.